The van der Waals surface area contributed by atoms with Gasteiger partial charge in [-0.2, -0.15) is 0 Å². The summed E-state index contributed by atoms with van der Waals surface area (Å²) in [5, 5.41) is 23.3. The first-order valence-electron chi connectivity index (χ1n) is 13.4. The fourth-order valence-electron chi connectivity index (χ4n) is 4.91. The molecule has 4 rings (SSSR count). The van der Waals surface area contributed by atoms with Crippen molar-refractivity contribution in [1.82, 2.24) is 4.90 Å². The van der Waals surface area contributed by atoms with Crippen LogP contribution in [0.15, 0.2) is 103 Å². The molecule has 7 nitrogen and oxygen atoms in total. The molecule has 4 aromatic carbocycles. The molecule has 0 heterocycles. The van der Waals surface area contributed by atoms with Gasteiger partial charge in [-0.15, -0.1) is 0 Å². The molecule has 0 fully saturated rings. The van der Waals surface area contributed by atoms with Crippen molar-refractivity contribution < 1.29 is 19.5 Å². The van der Waals surface area contributed by atoms with E-state index >= 15 is 0 Å². The van der Waals surface area contributed by atoms with Crippen molar-refractivity contribution in [2.45, 2.75) is 45.1 Å². The van der Waals surface area contributed by atoms with Gasteiger partial charge in [-0.05, 0) is 60.7 Å². The first-order valence-corrected chi connectivity index (χ1v) is 13.4. The van der Waals surface area contributed by atoms with Crippen molar-refractivity contribution in [3.05, 3.63) is 135 Å². The molecular formula is C33H36N2O5. The van der Waals surface area contributed by atoms with Crippen LogP contribution in [-0.4, -0.2) is 34.6 Å². The molecular weight excluding hydrogens is 504 g/mol. The molecule has 0 bridgehead atoms. The summed E-state index contributed by atoms with van der Waals surface area (Å²) in [7, 11) is 1.65. The monoisotopic (exact) mass is 540 g/mol. The third-order valence-corrected chi connectivity index (χ3v) is 7.22. The Balaban J connectivity index is 1.55. The Kier molecular flexibility index (Phi) is 9.89. The number of aliphatic hydroxyl groups excluding tert-OH is 1. The summed E-state index contributed by atoms with van der Waals surface area (Å²) in [6.45, 7) is 4.78. The minimum atomic E-state index is -0.939. The minimum absolute atomic E-state index is 0.00700. The van der Waals surface area contributed by atoms with Crippen LogP contribution < -0.4 is 9.47 Å². The van der Waals surface area contributed by atoms with Crippen molar-refractivity contribution >= 4 is 5.69 Å². The third-order valence-electron chi connectivity index (χ3n) is 7.22. The van der Waals surface area contributed by atoms with Crippen molar-refractivity contribution in [3.63, 3.8) is 0 Å². The van der Waals surface area contributed by atoms with E-state index in [1.165, 1.54) is 6.07 Å². The number of ether oxygens (including phenoxy) is 2. The quantitative estimate of drug-likeness (QED) is 0.147. The minimum Gasteiger partial charge on any atom is -0.497 e. The summed E-state index contributed by atoms with van der Waals surface area (Å²) in [6, 6.07) is 32.4. The van der Waals surface area contributed by atoms with E-state index < -0.39 is 11.0 Å². The predicted octanol–water partition coefficient (Wildman–Crippen LogP) is 6.91. The average Bonchev–Trinajstić information content (AvgIpc) is 2.99. The van der Waals surface area contributed by atoms with Gasteiger partial charge < -0.3 is 14.6 Å². The second-order valence-corrected chi connectivity index (χ2v) is 9.96. The fraction of sp³-hybridized carbons (Fsp3) is 0.273. The number of nitro benzene ring substituents is 1. The van der Waals surface area contributed by atoms with Gasteiger partial charge in [0.25, 0.3) is 0 Å². The summed E-state index contributed by atoms with van der Waals surface area (Å²) in [5.41, 5.74) is 3.51. The molecule has 4 aromatic rings. The van der Waals surface area contributed by atoms with Crippen LogP contribution in [0, 0.1) is 10.1 Å². The molecule has 208 valence electrons. The number of rotatable bonds is 13. The number of nitro groups is 1. The van der Waals surface area contributed by atoms with Gasteiger partial charge in [0, 0.05) is 24.7 Å². The highest BCUT2D eigenvalue weighted by atomic mass is 16.6. The highest BCUT2D eigenvalue weighted by molar-refractivity contribution is 5.49. The molecule has 1 N–H and O–H groups in total. The smallest absolute Gasteiger partial charge is 0.311 e. The summed E-state index contributed by atoms with van der Waals surface area (Å²) < 4.78 is 11.1. The van der Waals surface area contributed by atoms with Gasteiger partial charge in [-0.1, -0.05) is 78.9 Å². The highest BCUT2D eigenvalue weighted by Gasteiger charge is 2.27. The molecule has 0 aliphatic heterocycles. The molecule has 3 atom stereocenters. The van der Waals surface area contributed by atoms with Crippen LogP contribution in [0.1, 0.15) is 48.2 Å². The van der Waals surface area contributed by atoms with Crippen molar-refractivity contribution in [2.24, 2.45) is 0 Å². The molecule has 0 saturated heterocycles. The van der Waals surface area contributed by atoms with Crippen LogP contribution in [0.25, 0.3) is 0 Å². The molecule has 0 aliphatic carbocycles. The molecule has 0 aromatic heterocycles. The molecule has 0 amide bonds. The van der Waals surface area contributed by atoms with Gasteiger partial charge in [0.15, 0.2) is 5.75 Å². The normalized spacial score (nSPS) is 13.4. The number of nitrogens with zero attached hydrogens (tertiary/aromatic N) is 2. The van der Waals surface area contributed by atoms with E-state index in [1.54, 1.807) is 19.2 Å². The Bertz CT molecular complexity index is 1360. The SMILES string of the molecule is COc1ccc(CC(C)N(CC(O)c2ccc(OCc3ccccc3)c([N+](=O)[O-])c2)C(C)c2ccccc2)cc1. The zero-order valence-corrected chi connectivity index (χ0v) is 23.1. The Hall–Kier alpha value is -4.20. The largest absolute Gasteiger partial charge is 0.497 e. The van der Waals surface area contributed by atoms with Gasteiger partial charge in [0.05, 0.1) is 18.1 Å². The van der Waals surface area contributed by atoms with E-state index in [0.717, 1.165) is 28.9 Å². The van der Waals surface area contributed by atoms with Crippen LogP contribution in [0.5, 0.6) is 11.5 Å². The number of hydrogen-bond acceptors (Lipinski definition) is 6. The first-order chi connectivity index (χ1) is 19.4. The van der Waals surface area contributed by atoms with Crippen LogP contribution in [-0.2, 0) is 13.0 Å². The second-order valence-electron chi connectivity index (χ2n) is 9.96. The summed E-state index contributed by atoms with van der Waals surface area (Å²) in [6.07, 6.45) is -0.174. The van der Waals surface area contributed by atoms with Gasteiger partial charge >= 0.3 is 5.69 Å². The third kappa shape index (κ3) is 7.46. The molecule has 0 spiro atoms. The number of benzene rings is 4. The standard InChI is InChI=1S/C33H36N2O5/c1-24(20-26-14-17-30(39-3)18-15-26)34(25(2)28-12-8-5-9-13-28)22-32(36)29-16-19-33(31(21-29)35(37)38)40-23-27-10-6-4-7-11-27/h4-19,21,24-25,32,36H,20,22-23H2,1-3H3. The van der Waals surface area contributed by atoms with Crippen LogP contribution in [0.2, 0.25) is 0 Å². The lowest BCUT2D eigenvalue weighted by Gasteiger charge is -2.36. The lowest BCUT2D eigenvalue weighted by atomic mass is 9.99. The van der Waals surface area contributed by atoms with E-state index in [0.29, 0.717) is 12.1 Å². The number of aliphatic hydroxyl groups is 1. The topological polar surface area (TPSA) is 85.1 Å². The maximum absolute atomic E-state index is 11.9. The molecule has 0 radical (unpaired) electrons. The number of methoxy groups -OCH3 is 1. The maximum Gasteiger partial charge on any atom is 0.311 e. The Labute approximate surface area is 235 Å². The maximum atomic E-state index is 11.9. The average molecular weight is 541 g/mol. The molecule has 0 aliphatic rings. The predicted molar refractivity (Wildman–Crippen MR) is 157 cm³/mol. The zero-order valence-electron chi connectivity index (χ0n) is 23.1. The van der Waals surface area contributed by atoms with Crippen LogP contribution in [0.3, 0.4) is 0 Å². The summed E-state index contributed by atoms with van der Waals surface area (Å²) in [5.74, 6) is 0.978. The Morgan fingerprint density at radius 3 is 2.12 bits per heavy atom. The lowest BCUT2D eigenvalue weighted by molar-refractivity contribution is -0.386. The fourth-order valence-corrected chi connectivity index (χ4v) is 4.91. The van der Waals surface area contributed by atoms with Crippen molar-refractivity contribution in [1.29, 1.82) is 0 Å². The Morgan fingerprint density at radius 2 is 1.50 bits per heavy atom. The molecule has 3 unspecified atom stereocenters. The van der Waals surface area contributed by atoms with E-state index in [-0.39, 0.29) is 30.1 Å². The van der Waals surface area contributed by atoms with E-state index in [4.69, 9.17) is 9.47 Å². The van der Waals surface area contributed by atoms with E-state index in [9.17, 15) is 15.2 Å². The van der Waals surface area contributed by atoms with E-state index in [2.05, 4.69) is 43.0 Å². The van der Waals surface area contributed by atoms with Gasteiger partial charge in [0.1, 0.15) is 12.4 Å². The zero-order chi connectivity index (χ0) is 28.5. The number of hydrogen-bond donors (Lipinski definition) is 1. The van der Waals surface area contributed by atoms with Crippen LogP contribution in [0.4, 0.5) is 5.69 Å². The van der Waals surface area contributed by atoms with Crippen molar-refractivity contribution in [2.75, 3.05) is 13.7 Å². The van der Waals surface area contributed by atoms with Crippen molar-refractivity contribution in [3.8, 4) is 11.5 Å². The highest BCUT2D eigenvalue weighted by Crippen LogP contribution is 2.33. The molecule has 0 saturated carbocycles. The first kappa shape index (κ1) is 28.8. The lowest BCUT2D eigenvalue weighted by Crippen LogP contribution is -2.39. The Morgan fingerprint density at radius 1 is 0.850 bits per heavy atom. The molecule has 7 heteroatoms. The van der Waals surface area contributed by atoms with Gasteiger partial charge in [0.2, 0.25) is 0 Å². The second kappa shape index (κ2) is 13.7. The van der Waals surface area contributed by atoms with Gasteiger partial charge in [-0.3, -0.25) is 15.0 Å². The molecule has 40 heavy (non-hydrogen) atoms. The van der Waals surface area contributed by atoms with Gasteiger partial charge in [-0.25, -0.2) is 0 Å². The summed E-state index contributed by atoms with van der Waals surface area (Å²) >= 11 is 0. The summed E-state index contributed by atoms with van der Waals surface area (Å²) in [4.78, 5) is 13.7. The van der Waals surface area contributed by atoms with Crippen LogP contribution >= 0.6 is 0 Å². The van der Waals surface area contributed by atoms with E-state index in [1.807, 2.05) is 60.7 Å².